The summed E-state index contributed by atoms with van der Waals surface area (Å²) in [5.74, 6) is -0.831. The molecule has 3 aromatic rings. The van der Waals surface area contributed by atoms with E-state index in [9.17, 15) is 9.18 Å². The third-order valence-electron chi connectivity index (χ3n) is 2.90. The van der Waals surface area contributed by atoms with Gasteiger partial charge in [-0.1, -0.05) is 22.9 Å². The number of thiocarbonyl (C=S) groups is 1. The van der Waals surface area contributed by atoms with Gasteiger partial charge in [0.2, 0.25) is 0 Å². The van der Waals surface area contributed by atoms with E-state index in [0.29, 0.717) is 15.7 Å². The molecule has 2 N–H and O–H groups in total. The van der Waals surface area contributed by atoms with E-state index >= 15 is 0 Å². The fraction of sp³-hybridized carbons (Fsp3) is 0. The van der Waals surface area contributed by atoms with Crippen LogP contribution in [-0.2, 0) is 0 Å². The largest absolute Gasteiger partial charge is 0.308 e. The average molecular weight is 366 g/mol. The Morgan fingerprint density at radius 2 is 1.96 bits per heavy atom. The highest BCUT2D eigenvalue weighted by Gasteiger charge is 2.10. The van der Waals surface area contributed by atoms with Gasteiger partial charge >= 0.3 is 0 Å². The number of hydrogen-bond donors (Lipinski definition) is 2. The molecule has 3 rings (SSSR count). The van der Waals surface area contributed by atoms with Gasteiger partial charge in [0.15, 0.2) is 10.2 Å². The summed E-state index contributed by atoms with van der Waals surface area (Å²) in [6.07, 6.45) is 0. The molecule has 116 valence electrons. The van der Waals surface area contributed by atoms with E-state index in [4.69, 9.17) is 23.8 Å². The second-order valence-corrected chi connectivity index (χ2v) is 6.42. The Bertz CT molecular complexity index is 895. The van der Waals surface area contributed by atoms with Gasteiger partial charge in [-0.15, -0.1) is 0 Å². The summed E-state index contributed by atoms with van der Waals surface area (Å²) in [5, 5.41) is 6.66. The molecule has 1 heterocycles. The van der Waals surface area contributed by atoms with Crippen molar-refractivity contribution in [1.82, 2.24) is 10.3 Å². The van der Waals surface area contributed by atoms with E-state index in [1.54, 1.807) is 18.2 Å². The average Bonchev–Trinajstić information content (AvgIpc) is 2.88. The lowest BCUT2D eigenvalue weighted by Gasteiger charge is -2.06. The van der Waals surface area contributed by atoms with Crippen LogP contribution in [0.25, 0.3) is 10.2 Å². The number of rotatable bonds is 2. The summed E-state index contributed by atoms with van der Waals surface area (Å²) in [6.45, 7) is 0. The van der Waals surface area contributed by atoms with Crippen molar-refractivity contribution >= 4 is 61.5 Å². The summed E-state index contributed by atoms with van der Waals surface area (Å²) < 4.78 is 13.8. The highest BCUT2D eigenvalue weighted by atomic mass is 35.5. The molecule has 0 aliphatic carbocycles. The predicted molar refractivity (Wildman–Crippen MR) is 94.7 cm³/mol. The Balaban J connectivity index is 1.68. The molecule has 1 aromatic heterocycles. The number of hydrogen-bond acceptors (Lipinski definition) is 4. The van der Waals surface area contributed by atoms with Crippen molar-refractivity contribution < 1.29 is 9.18 Å². The molecule has 1 amide bonds. The first-order chi connectivity index (χ1) is 11.0. The van der Waals surface area contributed by atoms with Gasteiger partial charge in [0.25, 0.3) is 5.91 Å². The van der Waals surface area contributed by atoms with Crippen molar-refractivity contribution in [2.45, 2.75) is 0 Å². The van der Waals surface area contributed by atoms with Crippen LogP contribution in [-0.4, -0.2) is 16.0 Å². The third kappa shape index (κ3) is 3.82. The molecule has 0 radical (unpaired) electrons. The van der Waals surface area contributed by atoms with Gasteiger partial charge in [-0.2, -0.15) is 0 Å². The zero-order valence-corrected chi connectivity index (χ0v) is 13.9. The highest BCUT2D eigenvalue weighted by molar-refractivity contribution is 7.80. The fourth-order valence-corrected chi connectivity index (χ4v) is 3.26. The van der Waals surface area contributed by atoms with Crippen LogP contribution in [0.2, 0.25) is 5.02 Å². The van der Waals surface area contributed by atoms with Crippen molar-refractivity contribution in [1.29, 1.82) is 0 Å². The molecule has 0 bridgehead atoms. The van der Waals surface area contributed by atoms with Gasteiger partial charge < -0.3 is 5.32 Å². The van der Waals surface area contributed by atoms with E-state index in [1.807, 2.05) is 0 Å². The molecule has 0 aliphatic rings. The van der Waals surface area contributed by atoms with Crippen LogP contribution < -0.4 is 10.6 Å². The number of benzene rings is 2. The Kier molecular flexibility index (Phi) is 4.51. The number of nitrogens with one attached hydrogen (secondary N) is 2. The van der Waals surface area contributed by atoms with E-state index in [2.05, 4.69) is 15.6 Å². The number of anilines is 1. The number of fused-ring (bicyclic) bond motifs is 1. The Morgan fingerprint density at radius 1 is 1.22 bits per heavy atom. The summed E-state index contributed by atoms with van der Waals surface area (Å²) in [5.41, 5.74) is 1.10. The first kappa shape index (κ1) is 15.8. The highest BCUT2D eigenvalue weighted by Crippen LogP contribution is 2.28. The lowest BCUT2D eigenvalue weighted by molar-refractivity contribution is 0.0977. The molecule has 0 spiro atoms. The van der Waals surface area contributed by atoms with Crippen molar-refractivity contribution in [3.8, 4) is 0 Å². The maximum absolute atomic E-state index is 12.8. The van der Waals surface area contributed by atoms with Crippen molar-refractivity contribution in [2.75, 3.05) is 5.32 Å². The standard InChI is InChI=1S/C15H9ClFN3OS2/c16-9-3-6-11-12(7-9)23-15(18-11)20-14(22)19-13(21)8-1-4-10(17)5-2-8/h1-7H,(H2,18,19,20,21,22). The predicted octanol–water partition coefficient (Wildman–Crippen LogP) is 4.22. The Morgan fingerprint density at radius 3 is 2.70 bits per heavy atom. The van der Waals surface area contributed by atoms with Crippen molar-refractivity contribution in [2.24, 2.45) is 0 Å². The summed E-state index contributed by atoms with van der Waals surface area (Å²) in [6, 6.07) is 10.5. The zero-order chi connectivity index (χ0) is 16.4. The fourth-order valence-electron chi connectivity index (χ4n) is 1.86. The molecule has 8 heteroatoms. The van der Waals surface area contributed by atoms with Gasteiger partial charge in [-0.25, -0.2) is 9.37 Å². The molecule has 0 unspecified atom stereocenters. The van der Waals surface area contributed by atoms with E-state index < -0.39 is 11.7 Å². The van der Waals surface area contributed by atoms with Crippen molar-refractivity contribution in [3.63, 3.8) is 0 Å². The molecular formula is C15H9ClFN3OS2. The minimum Gasteiger partial charge on any atom is -0.308 e. The molecule has 0 saturated carbocycles. The van der Waals surface area contributed by atoms with Crippen LogP contribution in [0.3, 0.4) is 0 Å². The van der Waals surface area contributed by atoms with Gasteiger partial charge in [-0.05, 0) is 54.7 Å². The van der Waals surface area contributed by atoms with Gasteiger partial charge in [-0.3, -0.25) is 10.1 Å². The number of aromatic nitrogens is 1. The molecule has 4 nitrogen and oxygen atoms in total. The quantitative estimate of drug-likeness (QED) is 0.668. The van der Waals surface area contributed by atoms with E-state index in [0.717, 1.165) is 10.2 Å². The normalized spacial score (nSPS) is 10.5. The van der Waals surface area contributed by atoms with Gasteiger partial charge in [0.1, 0.15) is 5.82 Å². The first-order valence-electron chi connectivity index (χ1n) is 6.45. The van der Waals surface area contributed by atoms with Crippen molar-refractivity contribution in [3.05, 3.63) is 58.9 Å². The summed E-state index contributed by atoms with van der Waals surface area (Å²) >= 11 is 12.4. The minimum absolute atomic E-state index is 0.115. The van der Waals surface area contributed by atoms with Crippen LogP contribution in [0.1, 0.15) is 10.4 Å². The van der Waals surface area contributed by atoms with Crippen LogP contribution in [0.15, 0.2) is 42.5 Å². The van der Waals surface area contributed by atoms with Gasteiger partial charge in [0, 0.05) is 10.6 Å². The number of amides is 1. The van der Waals surface area contributed by atoms with Crippen LogP contribution in [0.5, 0.6) is 0 Å². The molecule has 23 heavy (non-hydrogen) atoms. The lowest BCUT2D eigenvalue weighted by atomic mass is 10.2. The van der Waals surface area contributed by atoms with Gasteiger partial charge in [0.05, 0.1) is 10.2 Å². The second-order valence-electron chi connectivity index (χ2n) is 4.55. The smallest absolute Gasteiger partial charge is 0.257 e. The number of carbonyl (C=O) groups excluding carboxylic acids is 1. The number of nitrogens with zero attached hydrogens (tertiary/aromatic N) is 1. The number of carbonyl (C=O) groups is 1. The van der Waals surface area contributed by atoms with E-state index in [-0.39, 0.29) is 5.11 Å². The first-order valence-corrected chi connectivity index (χ1v) is 8.05. The molecule has 2 aromatic carbocycles. The maximum Gasteiger partial charge on any atom is 0.257 e. The topological polar surface area (TPSA) is 54.0 Å². The van der Waals surface area contributed by atoms with E-state index in [1.165, 1.54) is 35.6 Å². The van der Waals surface area contributed by atoms with Crippen LogP contribution >= 0.6 is 35.2 Å². The summed E-state index contributed by atoms with van der Waals surface area (Å²) in [7, 11) is 0. The Hall–Kier alpha value is -2.09. The zero-order valence-electron chi connectivity index (χ0n) is 11.5. The number of halogens is 2. The Labute approximate surface area is 145 Å². The van der Waals surface area contributed by atoms with Crippen LogP contribution in [0, 0.1) is 5.82 Å². The monoisotopic (exact) mass is 365 g/mol. The second kappa shape index (κ2) is 6.57. The lowest BCUT2D eigenvalue weighted by Crippen LogP contribution is -2.34. The minimum atomic E-state index is -0.424. The summed E-state index contributed by atoms with van der Waals surface area (Å²) in [4.78, 5) is 16.3. The molecule has 0 fully saturated rings. The third-order valence-corrected chi connectivity index (χ3v) is 4.28. The van der Waals surface area contributed by atoms with Crippen LogP contribution in [0.4, 0.5) is 9.52 Å². The molecule has 0 aliphatic heterocycles. The molecule has 0 atom stereocenters. The number of thiazole rings is 1. The SMILES string of the molecule is O=C(NC(=S)Nc1nc2ccc(Cl)cc2s1)c1ccc(F)cc1. The molecular weight excluding hydrogens is 357 g/mol. The maximum atomic E-state index is 12.8. The molecule has 0 saturated heterocycles.